The third kappa shape index (κ3) is 5.88. The Morgan fingerprint density at radius 1 is 1.12 bits per heavy atom. The van der Waals surface area contributed by atoms with Crippen LogP contribution in [0.15, 0.2) is 48.5 Å². The van der Waals surface area contributed by atoms with Gasteiger partial charge in [-0.15, -0.1) is 0 Å². The second-order valence-electron chi connectivity index (χ2n) is 7.21. The van der Waals surface area contributed by atoms with Crippen LogP contribution in [0.4, 0.5) is 11.4 Å². The van der Waals surface area contributed by atoms with Crippen LogP contribution in [0.25, 0.3) is 0 Å². The summed E-state index contributed by atoms with van der Waals surface area (Å²) < 4.78 is 0. The van der Waals surface area contributed by atoms with Crippen LogP contribution in [0, 0.1) is 10.1 Å². The Balaban J connectivity index is 2.09. The summed E-state index contributed by atoms with van der Waals surface area (Å²) >= 11 is 0. The van der Waals surface area contributed by atoms with Gasteiger partial charge < -0.3 is 10.6 Å². The highest BCUT2D eigenvalue weighted by molar-refractivity contribution is 6.00. The predicted molar refractivity (Wildman–Crippen MR) is 104 cm³/mol. The van der Waals surface area contributed by atoms with Gasteiger partial charge in [-0.25, -0.2) is 0 Å². The van der Waals surface area contributed by atoms with E-state index in [1.807, 2.05) is 39.0 Å². The van der Waals surface area contributed by atoms with Crippen LogP contribution in [-0.2, 0) is 6.42 Å². The molecule has 2 rings (SSSR count). The van der Waals surface area contributed by atoms with Crippen LogP contribution in [0.5, 0.6) is 0 Å². The van der Waals surface area contributed by atoms with E-state index in [0.717, 1.165) is 12.8 Å². The summed E-state index contributed by atoms with van der Waals surface area (Å²) in [6, 6.07) is 14.4. The molecule has 0 atom stereocenters. The van der Waals surface area contributed by atoms with Gasteiger partial charge in [0.2, 0.25) is 0 Å². The Labute approximate surface area is 153 Å². The van der Waals surface area contributed by atoms with Crippen LogP contribution < -0.4 is 10.6 Å². The van der Waals surface area contributed by atoms with Crippen molar-refractivity contribution >= 4 is 17.3 Å². The number of hydrogen-bond acceptors (Lipinski definition) is 4. The number of hydrogen-bond donors (Lipinski definition) is 2. The van der Waals surface area contributed by atoms with Gasteiger partial charge in [0.15, 0.2) is 0 Å². The fraction of sp³-hybridized carbons (Fsp3) is 0.350. The molecule has 0 fully saturated rings. The Bertz CT molecular complexity index is 768. The van der Waals surface area contributed by atoms with Crippen molar-refractivity contribution in [2.75, 3.05) is 11.9 Å². The Morgan fingerprint density at radius 3 is 2.42 bits per heavy atom. The molecule has 0 bridgehead atoms. The van der Waals surface area contributed by atoms with Crippen molar-refractivity contribution in [1.82, 2.24) is 5.32 Å². The molecule has 0 unspecified atom stereocenters. The van der Waals surface area contributed by atoms with Gasteiger partial charge in [-0.2, -0.15) is 0 Å². The van der Waals surface area contributed by atoms with E-state index in [2.05, 4.69) is 22.8 Å². The molecule has 138 valence electrons. The number of nitro benzene ring substituents is 1. The number of nitrogens with one attached hydrogen (secondary N) is 2. The summed E-state index contributed by atoms with van der Waals surface area (Å²) in [7, 11) is 0. The molecule has 0 aliphatic rings. The van der Waals surface area contributed by atoms with Gasteiger partial charge in [0, 0.05) is 24.2 Å². The van der Waals surface area contributed by atoms with Crippen molar-refractivity contribution < 1.29 is 9.72 Å². The van der Waals surface area contributed by atoms with Crippen molar-refractivity contribution in [1.29, 1.82) is 0 Å². The minimum Gasteiger partial charge on any atom is -0.384 e. The molecule has 1 amide bonds. The van der Waals surface area contributed by atoms with Crippen molar-refractivity contribution in [3.63, 3.8) is 0 Å². The van der Waals surface area contributed by atoms with E-state index in [1.54, 1.807) is 0 Å². The number of aryl methyl sites for hydroxylation is 1. The fourth-order valence-electron chi connectivity index (χ4n) is 2.56. The first-order valence-electron chi connectivity index (χ1n) is 8.65. The highest BCUT2D eigenvalue weighted by atomic mass is 16.6. The molecule has 2 aromatic carbocycles. The molecule has 0 heterocycles. The number of carbonyl (C=O) groups excluding carboxylic acids is 1. The minimum atomic E-state index is -0.458. The Morgan fingerprint density at radius 2 is 1.81 bits per heavy atom. The van der Waals surface area contributed by atoms with Gasteiger partial charge >= 0.3 is 0 Å². The van der Waals surface area contributed by atoms with Crippen molar-refractivity contribution in [3.05, 3.63) is 69.8 Å². The largest absolute Gasteiger partial charge is 0.384 e. The van der Waals surface area contributed by atoms with E-state index in [4.69, 9.17) is 0 Å². The number of carbonyl (C=O) groups is 1. The zero-order chi connectivity index (χ0) is 19.2. The number of benzene rings is 2. The summed E-state index contributed by atoms with van der Waals surface area (Å²) in [5, 5.41) is 17.1. The summed E-state index contributed by atoms with van der Waals surface area (Å²) in [5.74, 6) is -0.252. The van der Waals surface area contributed by atoms with Crippen LogP contribution in [0.1, 0.15) is 43.1 Å². The second-order valence-corrected chi connectivity index (χ2v) is 7.21. The molecule has 0 saturated heterocycles. The molecular weight excluding hydrogens is 330 g/mol. The first-order valence-corrected chi connectivity index (χ1v) is 8.65. The number of amides is 1. The standard InChI is InChI=1S/C20H25N3O3/c1-20(2,3)22-19(24)17-12-11-16(23(25)26)14-18(17)21-13-7-10-15-8-5-4-6-9-15/h4-6,8-9,11-12,14,21H,7,10,13H2,1-3H3,(H,22,24). The normalized spacial score (nSPS) is 11.0. The Kier molecular flexibility index (Phi) is 6.33. The van der Waals surface area contributed by atoms with E-state index in [0.29, 0.717) is 17.8 Å². The minimum absolute atomic E-state index is 0.0390. The smallest absolute Gasteiger partial charge is 0.271 e. The molecule has 26 heavy (non-hydrogen) atoms. The quantitative estimate of drug-likeness (QED) is 0.443. The maximum atomic E-state index is 12.5. The predicted octanol–water partition coefficient (Wildman–Crippen LogP) is 4.17. The lowest BCUT2D eigenvalue weighted by molar-refractivity contribution is -0.384. The average molecular weight is 355 g/mol. The first-order chi connectivity index (χ1) is 12.3. The van der Waals surface area contributed by atoms with E-state index in [9.17, 15) is 14.9 Å². The monoisotopic (exact) mass is 355 g/mol. The Hall–Kier alpha value is -2.89. The van der Waals surface area contributed by atoms with E-state index in [1.165, 1.54) is 23.8 Å². The summed E-state index contributed by atoms with van der Waals surface area (Å²) in [4.78, 5) is 23.1. The molecule has 2 aromatic rings. The highest BCUT2D eigenvalue weighted by Crippen LogP contribution is 2.23. The lowest BCUT2D eigenvalue weighted by atomic mass is 10.1. The molecule has 0 aliphatic heterocycles. The molecule has 0 aromatic heterocycles. The summed E-state index contributed by atoms with van der Waals surface area (Å²) in [5.41, 5.74) is 1.70. The van der Waals surface area contributed by atoms with Gasteiger partial charge in [-0.05, 0) is 45.2 Å². The fourth-order valence-corrected chi connectivity index (χ4v) is 2.56. The van der Waals surface area contributed by atoms with E-state index < -0.39 is 4.92 Å². The maximum absolute atomic E-state index is 12.5. The van der Waals surface area contributed by atoms with Crippen LogP contribution in [-0.4, -0.2) is 22.9 Å². The number of non-ortho nitro benzene ring substituents is 1. The molecule has 6 nitrogen and oxygen atoms in total. The van der Waals surface area contributed by atoms with Gasteiger partial charge in [-0.1, -0.05) is 30.3 Å². The molecule has 0 aliphatic carbocycles. The number of nitro groups is 1. The van der Waals surface area contributed by atoms with Crippen LogP contribution in [0.2, 0.25) is 0 Å². The maximum Gasteiger partial charge on any atom is 0.271 e. The molecule has 0 radical (unpaired) electrons. The van der Waals surface area contributed by atoms with Crippen molar-refractivity contribution in [3.8, 4) is 0 Å². The molecule has 2 N–H and O–H groups in total. The zero-order valence-corrected chi connectivity index (χ0v) is 15.4. The van der Waals surface area contributed by atoms with Gasteiger partial charge in [0.05, 0.1) is 16.2 Å². The van der Waals surface area contributed by atoms with Gasteiger partial charge in [-0.3, -0.25) is 14.9 Å². The number of rotatable bonds is 7. The third-order valence-corrected chi connectivity index (χ3v) is 3.75. The second kappa shape index (κ2) is 8.47. The van der Waals surface area contributed by atoms with Crippen molar-refractivity contribution in [2.24, 2.45) is 0 Å². The van der Waals surface area contributed by atoms with Crippen LogP contribution >= 0.6 is 0 Å². The molecule has 0 saturated carbocycles. The van der Waals surface area contributed by atoms with E-state index >= 15 is 0 Å². The highest BCUT2D eigenvalue weighted by Gasteiger charge is 2.20. The summed E-state index contributed by atoms with van der Waals surface area (Å²) in [6.45, 7) is 6.29. The average Bonchev–Trinajstić information content (AvgIpc) is 2.58. The summed E-state index contributed by atoms with van der Waals surface area (Å²) in [6.07, 6.45) is 1.75. The van der Waals surface area contributed by atoms with Crippen molar-refractivity contribution in [2.45, 2.75) is 39.2 Å². The molecule has 0 spiro atoms. The number of anilines is 1. The SMILES string of the molecule is CC(C)(C)NC(=O)c1ccc([N+](=O)[O-])cc1NCCCc1ccccc1. The lowest BCUT2D eigenvalue weighted by Gasteiger charge is -2.21. The van der Waals surface area contributed by atoms with Gasteiger partial charge in [0.1, 0.15) is 0 Å². The van der Waals surface area contributed by atoms with Gasteiger partial charge in [0.25, 0.3) is 11.6 Å². The molecular formula is C20H25N3O3. The van der Waals surface area contributed by atoms with Crippen LogP contribution in [0.3, 0.4) is 0 Å². The number of nitrogens with zero attached hydrogens (tertiary/aromatic N) is 1. The zero-order valence-electron chi connectivity index (χ0n) is 15.4. The topological polar surface area (TPSA) is 84.3 Å². The first kappa shape index (κ1) is 19.4. The van der Waals surface area contributed by atoms with E-state index in [-0.39, 0.29) is 17.1 Å². The third-order valence-electron chi connectivity index (χ3n) is 3.75. The molecule has 6 heteroatoms. The lowest BCUT2D eigenvalue weighted by Crippen LogP contribution is -2.40.